The molecule has 0 aliphatic carbocycles. The molecule has 0 aliphatic heterocycles. The Labute approximate surface area is 111 Å². The van der Waals surface area contributed by atoms with Crippen molar-refractivity contribution in [2.24, 2.45) is 12.0 Å². The lowest BCUT2D eigenvalue weighted by atomic mass is 10.1. The fourth-order valence-corrected chi connectivity index (χ4v) is 2.39. The van der Waals surface area contributed by atoms with Crippen LogP contribution in [0.5, 0.6) is 0 Å². The van der Waals surface area contributed by atoms with Crippen LogP contribution in [-0.2, 0) is 7.05 Å². The summed E-state index contributed by atoms with van der Waals surface area (Å²) in [5.41, 5.74) is -1.32. The van der Waals surface area contributed by atoms with Gasteiger partial charge in [-0.1, -0.05) is 0 Å². The van der Waals surface area contributed by atoms with Crippen LogP contribution in [-0.4, -0.2) is 23.5 Å². The van der Waals surface area contributed by atoms with Gasteiger partial charge in [0, 0.05) is 25.5 Å². The molecular formula is C13H11F5N2. The number of aromatic nitrogens is 1. The van der Waals surface area contributed by atoms with E-state index in [1.54, 1.807) is 0 Å². The number of alkyl halides is 3. The van der Waals surface area contributed by atoms with E-state index >= 15 is 0 Å². The van der Waals surface area contributed by atoms with E-state index in [0.29, 0.717) is 6.07 Å². The van der Waals surface area contributed by atoms with Crippen molar-refractivity contribution in [2.75, 3.05) is 7.05 Å². The molecular weight excluding hydrogens is 279 g/mol. The maximum absolute atomic E-state index is 13.8. The molecule has 0 N–H and O–H groups in total. The Kier molecular flexibility index (Phi) is 3.31. The molecule has 2 aromatic rings. The highest BCUT2D eigenvalue weighted by atomic mass is 19.4. The lowest BCUT2D eigenvalue weighted by molar-refractivity contribution is -0.0584. The second-order valence-electron chi connectivity index (χ2n) is 4.39. The highest BCUT2D eigenvalue weighted by Crippen LogP contribution is 2.32. The molecule has 1 heterocycles. The molecule has 0 bridgehead atoms. The summed E-state index contributed by atoms with van der Waals surface area (Å²) in [5.74, 6) is -1.74. The molecule has 0 unspecified atom stereocenters. The summed E-state index contributed by atoms with van der Waals surface area (Å²) in [5, 5.41) is 0.102. The number of fused-ring (bicyclic) bond motifs is 1. The van der Waals surface area contributed by atoms with E-state index in [0.717, 1.165) is 17.7 Å². The van der Waals surface area contributed by atoms with Crippen molar-refractivity contribution in [1.82, 2.24) is 4.57 Å². The monoisotopic (exact) mass is 290 g/mol. The van der Waals surface area contributed by atoms with Crippen LogP contribution in [0.15, 0.2) is 17.1 Å². The first-order chi connectivity index (χ1) is 9.18. The number of rotatable bonds is 1. The quantitative estimate of drug-likeness (QED) is 0.562. The smallest absolute Gasteiger partial charge is 0.340 e. The van der Waals surface area contributed by atoms with Crippen LogP contribution in [0.1, 0.15) is 11.3 Å². The second-order valence-corrected chi connectivity index (χ2v) is 4.39. The van der Waals surface area contributed by atoms with Crippen LogP contribution < -0.4 is 0 Å². The lowest BCUT2D eigenvalue weighted by Gasteiger charge is -2.12. The molecule has 2 rings (SSSR count). The fraction of sp³-hybridized carbons (Fsp3) is 0.308. The summed E-state index contributed by atoms with van der Waals surface area (Å²) in [6.45, 7) is 1.38. The minimum absolute atomic E-state index is 0.0794. The SMILES string of the molecule is CN=C(c1c(C)c2cc(F)cc(F)c2n1C)C(F)(F)F. The Morgan fingerprint density at radius 2 is 1.80 bits per heavy atom. The third-order valence-corrected chi connectivity index (χ3v) is 3.17. The molecule has 1 aromatic carbocycles. The number of halogens is 5. The van der Waals surface area contributed by atoms with Gasteiger partial charge in [-0.25, -0.2) is 8.78 Å². The maximum Gasteiger partial charge on any atom is 0.435 e. The van der Waals surface area contributed by atoms with Crippen molar-refractivity contribution in [3.05, 3.63) is 35.0 Å². The van der Waals surface area contributed by atoms with Crippen LogP contribution in [0.3, 0.4) is 0 Å². The molecule has 0 amide bonds. The van der Waals surface area contributed by atoms with Gasteiger partial charge in [-0.2, -0.15) is 13.2 Å². The lowest BCUT2D eigenvalue weighted by Crippen LogP contribution is -2.26. The summed E-state index contributed by atoms with van der Waals surface area (Å²) in [6, 6.07) is 1.66. The second kappa shape index (κ2) is 4.57. The largest absolute Gasteiger partial charge is 0.435 e. The highest BCUT2D eigenvalue weighted by Gasteiger charge is 2.39. The number of aryl methyl sites for hydroxylation is 2. The number of aliphatic imine (C=N–C) groups is 1. The summed E-state index contributed by atoms with van der Waals surface area (Å²) < 4.78 is 67.0. The molecule has 0 atom stereocenters. The Morgan fingerprint density at radius 1 is 1.20 bits per heavy atom. The standard InChI is InChI=1S/C13H11F5N2/c1-6-8-4-7(14)5-9(15)11(8)20(3)10(6)12(19-2)13(16,17)18/h4-5H,1-3H3. The number of nitrogens with zero attached hydrogens (tertiary/aromatic N) is 2. The third kappa shape index (κ3) is 2.07. The average Bonchev–Trinajstić information content (AvgIpc) is 2.53. The van der Waals surface area contributed by atoms with Gasteiger partial charge in [0.25, 0.3) is 0 Å². The molecule has 1 aromatic heterocycles. The first-order valence-corrected chi connectivity index (χ1v) is 5.66. The first kappa shape index (κ1) is 14.5. The summed E-state index contributed by atoms with van der Waals surface area (Å²) in [7, 11) is 2.31. The summed E-state index contributed by atoms with van der Waals surface area (Å²) >= 11 is 0. The Morgan fingerprint density at radius 3 is 2.30 bits per heavy atom. The molecule has 0 saturated heterocycles. The molecule has 108 valence electrons. The van der Waals surface area contributed by atoms with E-state index in [4.69, 9.17) is 0 Å². The minimum atomic E-state index is -4.67. The van der Waals surface area contributed by atoms with E-state index in [1.165, 1.54) is 14.0 Å². The van der Waals surface area contributed by atoms with Gasteiger partial charge in [-0.15, -0.1) is 0 Å². The molecule has 0 fully saturated rings. The van der Waals surface area contributed by atoms with Crippen LogP contribution in [0.25, 0.3) is 10.9 Å². The van der Waals surface area contributed by atoms with Crippen molar-refractivity contribution < 1.29 is 22.0 Å². The van der Waals surface area contributed by atoms with E-state index in [9.17, 15) is 22.0 Å². The van der Waals surface area contributed by atoms with Crippen molar-refractivity contribution in [2.45, 2.75) is 13.1 Å². The van der Waals surface area contributed by atoms with Crippen LogP contribution in [0, 0.1) is 18.6 Å². The van der Waals surface area contributed by atoms with Gasteiger partial charge in [0.1, 0.15) is 11.6 Å². The molecule has 0 aliphatic rings. The van der Waals surface area contributed by atoms with Gasteiger partial charge in [-0.3, -0.25) is 4.99 Å². The maximum atomic E-state index is 13.8. The minimum Gasteiger partial charge on any atom is -0.340 e. The van der Waals surface area contributed by atoms with Crippen LogP contribution in [0.4, 0.5) is 22.0 Å². The van der Waals surface area contributed by atoms with Crippen molar-refractivity contribution >= 4 is 16.6 Å². The zero-order valence-corrected chi connectivity index (χ0v) is 10.9. The predicted molar refractivity (Wildman–Crippen MR) is 66.1 cm³/mol. The average molecular weight is 290 g/mol. The molecule has 0 spiro atoms. The zero-order chi connectivity index (χ0) is 15.2. The van der Waals surface area contributed by atoms with Gasteiger partial charge in [0.2, 0.25) is 0 Å². The Bertz CT molecular complexity index is 710. The van der Waals surface area contributed by atoms with E-state index in [1.807, 2.05) is 0 Å². The van der Waals surface area contributed by atoms with Crippen molar-refractivity contribution in [1.29, 1.82) is 0 Å². The van der Waals surface area contributed by atoms with E-state index in [-0.39, 0.29) is 22.2 Å². The van der Waals surface area contributed by atoms with Gasteiger partial charge < -0.3 is 4.57 Å². The number of hydrogen-bond donors (Lipinski definition) is 0. The Hall–Kier alpha value is -1.92. The molecule has 2 nitrogen and oxygen atoms in total. The topological polar surface area (TPSA) is 17.3 Å². The van der Waals surface area contributed by atoms with Crippen molar-refractivity contribution in [3.8, 4) is 0 Å². The van der Waals surface area contributed by atoms with Gasteiger partial charge >= 0.3 is 6.18 Å². The highest BCUT2D eigenvalue weighted by molar-refractivity contribution is 6.08. The van der Waals surface area contributed by atoms with Crippen LogP contribution in [0.2, 0.25) is 0 Å². The normalized spacial score (nSPS) is 13.3. The van der Waals surface area contributed by atoms with E-state index < -0.39 is 23.5 Å². The molecule has 20 heavy (non-hydrogen) atoms. The third-order valence-electron chi connectivity index (χ3n) is 3.17. The van der Waals surface area contributed by atoms with Gasteiger partial charge in [0.15, 0.2) is 5.71 Å². The van der Waals surface area contributed by atoms with E-state index in [2.05, 4.69) is 4.99 Å². The fourth-order valence-electron chi connectivity index (χ4n) is 2.39. The first-order valence-electron chi connectivity index (χ1n) is 5.66. The number of benzene rings is 1. The zero-order valence-electron chi connectivity index (χ0n) is 10.9. The molecule has 7 heteroatoms. The van der Waals surface area contributed by atoms with Crippen molar-refractivity contribution in [3.63, 3.8) is 0 Å². The summed E-state index contributed by atoms with van der Waals surface area (Å²) in [4.78, 5) is 3.25. The van der Waals surface area contributed by atoms with Crippen LogP contribution >= 0.6 is 0 Å². The number of hydrogen-bond acceptors (Lipinski definition) is 1. The molecule has 0 saturated carbocycles. The Balaban J connectivity index is 2.89. The summed E-state index contributed by atoms with van der Waals surface area (Å²) in [6.07, 6.45) is -4.67. The van der Waals surface area contributed by atoms with Gasteiger partial charge in [0.05, 0.1) is 11.2 Å². The molecule has 0 radical (unpaired) electrons. The van der Waals surface area contributed by atoms with Gasteiger partial charge in [-0.05, 0) is 18.6 Å². The predicted octanol–water partition coefficient (Wildman–Crippen LogP) is 3.75.